The first kappa shape index (κ1) is 28.6. The van der Waals surface area contributed by atoms with Gasteiger partial charge in [0.25, 0.3) is 0 Å². The van der Waals surface area contributed by atoms with Gasteiger partial charge in [-0.05, 0) is 53.5 Å². The lowest BCUT2D eigenvalue weighted by Crippen LogP contribution is -2.37. The highest BCUT2D eigenvalue weighted by molar-refractivity contribution is 7.89. The Morgan fingerprint density at radius 1 is 1.12 bits per heavy atom. The van der Waals surface area contributed by atoms with Crippen LogP contribution in [0.15, 0.2) is 60.4 Å². The molecule has 4 aromatic rings. The van der Waals surface area contributed by atoms with Crippen molar-refractivity contribution in [3.05, 3.63) is 94.1 Å². The van der Waals surface area contributed by atoms with Gasteiger partial charge < -0.3 is 20.1 Å². The summed E-state index contributed by atoms with van der Waals surface area (Å²) in [5, 5.41) is 4.36. The predicted octanol–water partition coefficient (Wildman–Crippen LogP) is 4.29. The first-order valence-electron chi connectivity index (χ1n) is 13.7. The number of sulfone groups is 1. The van der Waals surface area contributed by atoms with Crippen LogP contribution >= 0.6 is 0 Å². The summed E-state index contributed by atoms with van der Waals surface area (Å²) < 4.78 is 51.0. The number of Topliss-reactive ketones (excluding diaryl/α,β-unsaturated/α-hetero) is 1. The van der Waals surface area contributed by atoms with E-state index in [1.165, 1.54) is 35.5 Å². The number of hydrogen-bond donors (Lipinski definition) is 1. The van der Waals surface area contributed by atoms with E-state index in [9.17, 15) is 17.6 Å². The normalized spacial score (nSPS) is 14.9. The smallest absolute Gasteiger partial charge is 0.219 e. The van der Waals surface area contributed by atoms with Gasteiger partial charge in [-0.25, -0.2) is 22.5 Å². The molecule has 6 rings (SSSR count). The SMILES string of the molecule is Cc1cc(Oc2ccccc2F)ncc1-n1ncc(C(=O)C2=Cc3cc(N4CCOCC4)c(CS(C)(=O)=O)cc3C2)c1N. The first-order valence-corrected chi connectivity index (χ1v) is 15.8. The van der Waals surface area contributed by atoms with Gasteiger partial charge in [0.15, 0.2) is 27.2 Å². The van der Waals surface area contributed by atoms with Crippen LogP contribution in [-0.4, -0.2) is 61.5 Å². The minimum absolute atomic E-state index is 0.0555. The van der Waals surface area contributed by atoms with Crippen LogP contribution in [0.25, 0.3) is 11.8 Å². The summed E-state index contributed by atoms with van der Waals surface area (Å²) >= 11 is 0. The highest BCUT2D eigenvalue weighted by atomic mass is 32.2. The molecule has 0 bridgehead atoms. The highest BCUT2D eigenvalue weighted by Crippen LogP contribution is 2.36. The number of nitrogens with zero attached hydrogens (tertiary/aromatic N) is 4. The van der Waals surface area contributed by atoms with Crippen LogP contribution in [0.2, 0.25) is 0 Å². The van der Waals surface area contributed by atoms with E-state index in [0.717, 1.165) is 16.8 Å². The van der Waals surface area contributed by atoms with Gasteiger partial charge in [-0.2, -0.15) is 5.10 Å². The number of rotatable bonds is 8. The van der Waals surface area contributed by atoms with Crippen LogP contribution in [0.1, 0.15) is 32.6 Å². The third-order valence-electron chi connectivity index (χ3n) is 7.50. The number of carbonyl (C=O) groups excluding carboxylic acids is 1. The van der Waals surface area contributed by atoms with E-state index in [1.807, 2.05) is 25.1 Å². The summed E-state index contributed by atoms with van der Waals surface area (Å²) in [5.41, 5.74) is 11.8. The highest BCUT2D eigenvalue weighted by Gasteiger charge is 2.27. The van der Waals surface area contributed by atoms with Crippen LogP contribution < -0.4 is 15.4 Å². The van der Waals surface area contributed by atoms with Gasteiger partial charge >= 0.3 is 0 Å². The molecule has 0 atom stereocenters. The van der Waals surface area contributed by atoms with E-state index in [4.69, 9.17) is 15.2 Å². The van der Waals surface area contributed by atoms with E-state index in [-0.39, 0.29) is 34.5 Å². The summed E-state index contributed by atoms with van der Waals surface area (Å²) in [4.78, 5) is 20.1. The fourth-order valence-corrected chi connectivity index (χ4v) is 6.21. The van der Waals surface area contributed by atoms with Crippen LogP contribution in [-0.2, 0) is 26.7 Å². The molecule has 1 fully saturated rings. The molecule has 222 valence electrons. The minimum Gasteiger partial charge on any atom is -0.436 e. The largest absolute Gasteiger partial charge is 0.436 e. The molecule has 2 aliphatic rings. The number of aromatic nitrogens is 3. The molecule has 1 aliphatic carbocycles. The Kier molecular flexibility index (Phi) is 7.49. The number of anilines is 2. The molecule has 0 radical (unpaired) electrons. The van der Waals surface area contributed by atoms with E-state index in [0.29, 0.717) is 55.1 Å². The number of pyridine rings is 1. The number of morpholine rings is 1. The molecule has 10 nitrogen and oxygen atoms in total. The van der Waals surface area contributed by atoms with Crippen LogP contribution in [0.3, 0.4) is 0 Å². The Morgan fingerprint density at radius 3 is 2.60 bits per heavy atom. The fraction of sp³-hybridized carbons (Fsp3) is 0.258. The van der Waals surface area contributed by atoms with Crippen molar-refractivity contribution in [3.8, 4) is 17.3 Å². The zero-order valence-corrected chi connectivity index (χ0v) is 24.5. The average Bonchev–Trinajstić information content (AvgIpc) is 3.56. The first-order chi connectivity index (χ1) is 20.6. The monoisotopic (exact) mass is 603 g/mol. The topological polar surface area (TPSA) is 130 Å². The number of para-hydroxylation sites is 1. The number of fused-ring (bicyclic) bond motifs is 1. The Labute approximate surface area is 248 Å². The van der Waals surface area contributed by atoms with Crippen LogP contribution in [0, 0.1) is 12.7 Å². The predicted molar refractivity (Wildman–Crippen MR) is 161 cm³/mol. The van der Waals surface area contributed by atoms with Crippen LogP contribution in [0.5, 0.6) is 11.6 Å². The Balaban J connectivity index is 1.26. The zero-order valence-electron chi connectivity index (χ0n) is 23.7. The zero-order chi connectivity index (χ0) is 30.3. The maximum absolute atomic E-state index is 14.0. The Morgan fingerprint density at radius 2 is 1.88 bits per heavy atom. The lowest BCUT2D eigenvalue weighted by atomic mass is 10.0. The summed E-state index contributed by atoms with van der Waals surface area (Å²) in [6.45, 7) is 4.25. The van der Waals surface area contributed by atoms with E-state index in [2.05, 4.69) is 15.0 Å². The van der Waals surface area contributed by atoms with Crippen molar-refractivity contribution in [3.63, 3.8) is 0 Å². The number of carbonyl (C=O) groups is 1. The standard InChI is InChI=1S/C31H30FN5O5S/c1-19-11-29(42-28-6-4-3-5-25(28)32)34-17-27(19)37-31(33)24(16-35-37)30(38)22-12-20-14-23(18-43(2,39)40)26(15-21(20)13-22)36-7-9-41-10-8-36/h3-6,11,13-17H,7-10,12,18,33H2,1-2H3. The second-order valence-corrected chi connectivity index (χ2v) is 12.9. The molecule has 3 heterocycles. The molecular formula is C31H30FN5O5S. The molecule has 0 amide bonds. The van der Waals surface area contributed by atoms with Crippen LogP contribution in [0.4, 0.5) is 15.9 Å². The summed E-state index contributed by atoms with van der Waals surface area (Å²) in [7, 11) is -3.28. The maximum Gasteiger partial charge on any atom is 0.219 e. The third-order valence-corrected chi connectivity index (χ3v) is 8.34. The van der Waals surface area contributed by atoms with Gasteiger partial charge in [0.2, 0.25) is 5.88 Å². The number of nitrogens with two attached hydrogens (primary N) is 1. The second-order valence-electron chi connectivity index (χ2n) is 10.7. The molecule has 43 heavy (non-hydrogen) atoms. The van der Waals surface area contributed by atoms with Gasteiger partial charge in [-0.1, -0.05) is 18.2 Å². The van der Waals surface area contributed by atoms with Gasteiger partial charge in [0.05, 0.1) is 42.6 Å². The van der Waals surface area contributed by atoms with Gasteiger partial charge in [0.1, 0.15) is 5.82 Å². The molecule has 1 aliphatic heterocycles. The number of ketones is 1. The number of halogens is 1. The summed E-state index contributed by atoms with van der Waals surface area (Å²) in [6, 6.07) is 11.5. The maximum atomic E-state index is 14.0. The average molecular weight is 604 g/mol. The van der Waals surface area contributed by atoms with Crippen molar-refractivity contribution in [1.82, 2.24) is 14.8 Å². The molecule has 0 unspecified atom stereocenters. The Bertz CT molecular complexity index is 1880. The molecule has 1 saturated heterocycles. The summed E-state index contributed by atoms with van der Waals surface area (Å²) in [6.07, 6.45) is 6.34. The second kappa shape index (κ2) is 11.3. The third kappa shape index (κ3) is 5.88. The molecule has 0 spiro atoms. The number of ether oxygens (including phenoxy) is 2. The molecule has 2 aromatic carbocycles. The van der Waals surface area contributed by atoms with Crippen molar-refractivity contribution in [2.75, 3.05) is 43.2 Å². The fourth-order valence-electron chi connectivity index (χ4n) is 5.41. The van der Waals surface area contributed by atoms with Crippen molar-refractivity contribution < 1.29 is 27.1 Å². The lowest BCUT2D eigenvalue weighted by Gasteiger charge is -2.31. The van der Waals surface area contributed by atoms with Gasteiger partial charge in [0, 0.05) is 43.1 Å². The lowest BCUT2D eigenvalue weighted by molar-refractivity contribution is 0.103. The van der Waals surface area contributed by atoms with Gasteiger partial charge in [-0.3, -0.25) is 4.79 Å². The van der Waals surface area contributed by atoms with E-state index < -0.39 is 15.7 Å². The van der Waals surface area contributed by atoms with E-state index in [1.54, 1.807) is 18.2 Å². The summed E-state index contributed by atoms with van der Waals surface area (Å²) in [5.74, 6) is -0.441. The molecule has 0 saturated carbocycles. The number of hydrogen-bond acceptors (Lipinski definition) is 9. The number of nitrogen functional groups attached to an aromatic ring is 1. The minimum atomic E-state index is -3.28. The number of benzene rings is 2. The quantitative estimate of drug-likeness (QED) is 0.293. The van der Waals surface area contributed by atoms with Crippen molar-refractivity contribution in [2.45, 2.75) is 19.1 Å². The van der Waals surface area contributed by atoms with Crippen molar-refractivity contribution >= 4 is 33.2 Å². The molecule has 2 aromatic heterocycles. The Hall–Kier alpha value is -4.55. The number of allylic oxidation sites excluding steroid dienone is 1. The van der Waals surface area contributed by atoms with Crippen molar-refractivity contribution in [2.24, 2.45) is 0 Å². The van der Waals surface area contributed by atoms with E-state index >= 15 is 0 Å². The molecule has 2 N–H and O–H groups in total. The molecular weight excluding hydrogens is 573 g/mol. The van der Waals surface area contributed by atoms with Gasteiger partial charge in [-0.15, -0.1) is 0 Å². The molecule has 12 heteroatoms. The number of aryl methyl sites for hydroxylation is 1. The van der Waals surface area contributed by atoms with Crippen molar-refractivity contribution in [1.29, 1.82) is 0 Å².